The van der Waals surface area contributed by atoms with Gasteiger partial charge >= 0.3 is 0 Å². The van der Waals surface area contributed by atoms with Crippen molar-refractivity contribution in [2.45, 2.75) is 110 Å². The van der Waals surface area contributed by atoms with E-state index in [0.29, 0.717) is 54.1 Å². The molecule has 0 unspecified atom stereocenters. The Morgan fingerprint density at radius 1 is 1.00 bits per heavy atom. The fraction of sp³-hybridized carbons (Fsp3) is 0.600. The summed E-state index contributed by atoms with van der Waals surface area (Å²) < 4.78 is 27.8. The molecule has 0 spiro atoms. The Morgan fingerprint density at radius 2 is 1.72 bits per heavy atom. The average molecular weight is 709 g/mol. The number of benzene rings is 1. The van der Waals surface area contributed by atoms with Crippen LogP contribution in [0.2, 0.25) is 5.02 Å². The Balaban J connectivity index is 1.12. The van der Waals surface area contributed by atoms with E-state index in [4.69, 9.17) is 35.6 Å². The van der Waals surface area contributed by atoms with Gasteiger partial charge in [0.2, 0.25) is 5.95 Å². The molecule has 1 N–H and O–H groups in total. The van der Waals surface area contributed by atoms with Crippen molar-refractivity contribution in [2.24, 2.45) is 0 Å². The molecular weight excluding hydrogens is 660 g/mol. The average Bonchev–Trinajstić information content (AvgIpc) is 3.74. The molecule has 4 heterocycles. The van der Waals surface area contributed by atoms with Crippen LogP contribution < -0.4 is 14.8 Å². The minimum atomic E-state index is -0.251. The van der Waals surface area contributed by atoms with Crippen LogP contribution in [0.3, 0.4) is 0 Å². The summed E-state index contributed by atoms with van der Waals surface area (Å²) in [4.78, 5) is 11.9. The van der Waals surface area contributed by atoms with Gasteiger partial charge in [-0.25, -0.2) is 14.6 Å². The molecule has 0 amide bonds. The van der Waals surface area contributed by atoms with E-state index < -0.39 is 0 Å². The van der Waals surface area contributed by atoms with E-state index in [-0.39, 0.29) is 30.0 Å². The van der Waals surface area contributed by atoms with Crippen LogP contribution >= 0.6 is 11.6 Å². The summed E-state index contributed by atoms with van der Waals surface area (Å²) in [7, 11) is 0. The first-order chi connectivity index (χ1) is 24.0. The van der Waals surface area contributed by atoms with E-state index >= 15 is 0 Å². The summed E-state index contributed by atoms with van der Waals surface area (Å²) in [6.45, 7) is 15.7. The number of aromatic nitrogens is 8. The van der Waals surface area contributed by atoms with E-state index in [1.54, 1.807) is 29.5 Å². The first-order valence-corrected chi connectivity index (χ1v) is 17.9. The maximum Gasteiger partial charge on any atom is 0.257 e. The van der Waals surface area contributed by atoms with Gasteiger partial charge in [-0.05, 0) is 95.3 Å². The van der Waals surface area contributed by atoms with E-state index in [2.05, 4.69) is 49.6 Å². The van der Waals surface area contributed by atoms with E-state index in [1.807, 2.05) is 50.7 Å². The highest BCUT2D eigenvalue weighted by molar-refractivity contribution is 6.32. The van der Waals surface area contributed by atoms with Crippen molar-refractivity contribution in [2.75, 3.05) is 31.6 Å². The molecule has 6 rings (SSSR count). The summed E-state index contributed by atoms with van der Waals surface area (Å²) in [6.07, 6.45) is 11.8. The smallest absolute Gasteiger partial charge is 0.257 e. The molecule has 0 radical (unpaired) electrons. The maximum atomic E-state index is 6.47. The summed E-state index contributed by atoms with van der Waals surface area (Å²) in [5, 5.41) is 20.0. The molecular formula is C35H49ClN10O4. The van der Waals surface area contributed by atoms with E-state index in [0.717, 1.165) is 49.9 Å². The molecule has 3 atom stereocenters. The van der Waals surface area contributed by atoms with Gasteiger partial charge < -0.3 is 24.3 Å². The van der Waals surface area contributed by atoms with Crippen LogP contribution in [-0.4, -0.2) is 101 Å². The topological polar surface area (TPSA) is 139 Å². The number of nitrogens with zero attached hydrogens (tertiary/aromatic N) is 9. The van der Waals surface area contributed by atoms with E-state index in [1.165, 1.54) is 0 Å². The second kappa shape index (κ2) is 16.0. The second-order valence-electron chi connectivity index (χ2n) is 14.3. The Morgan fingerprint density at radius 3 is 2.40 bits per heavy atom. The third-order valence-electron chi connectivity index (χ3n) is 8.89. The lowest BCUT2D eigenvalue weighted by Crippen LogP contribution is -2.51. The molecule has 2 fully saturated rings. The Bertz CT molecular complexity index is 1640. The highest BCUT2D eigenvalue weighted by Gasteiger charge is 2.32. The van der Waals surface area contributed by atoms with Crippen LogP contribution in [0.15, 0.2) is 43.1 Å². The number of halogens is 1. The lowest BCUT2D eigenvalue weighted by Gasteiger charge is -2.42. The van der Waals surface area contributed by atoms with Gasteiger partial charge in [-0.2, -0.15) is 0 Å². The maximum absolute atomic E-state index is 6.47. The largest absolute Gasteiger partial charge is 0.487 e. The number of rotatable bonds is 13. The van der Waals surface area contributed by atoms with Crippen LogP contribution in [0.4, 0.5) is 11.6 Å². The summed E-state index contributed by atoms with van der Waals surface area (Å²) in [5.41, 5.74) is 2.15. The minimum absolute atomic E-state index is 0.209. The van der Waals surface area contributed by atoms with Crippen molar-refractivity contribution in [3.05, 3.63) is 48.1 Å². The Hall–Kier alpha value is -3.85. The van der Waals surface area contributed by atoms with Crippen molar-refractivity contribution >= 4 is 23.2 Å². The molecule has 1 aromatic carbocycles. The summed E-state index contributed by atoms with van der Waals surface area (Å²) >= 11 is 6.47. The summed E-state index contributed by atoms with van der Waals surface area (Å²) in [5.74, 6) is 1.49. The number of morpholine rings is 1. The van der Waals surface area contributed by atoms with Gasteiger partial charge in [-0.1, -0.05) is 17.7 Å². The van der Waals surface area contributed by atoms with Gasteiger partial charge in [0.05, 0.1) is 48.2 Å². The predicted molar refractivity (Wildman–Crippen MR) is 190 cm³/mol. The van der Waals surface area contributed by atoms with Gasteiger partial charge in [0.1, 0.15) is 30.5 Å². The van der Waals surface area contributed by atoms with Gasteiger partial charge in [0, 0.05) is 37.1 Å². The Labute approximate surface area is 298 Å². The zero-order valence-corrected chi connectivity index (χ0v) is 30.6. The van der Waals surface area contributed by atoms with Gasteiger partial charge in [-0.3, -0.25) is 9.58 Å². The SMILES string of the molecule is C[C@@H]1CN([C@H]2CC[C@H](n3cc(Nc4ncc(-c5ccc(Cl)c(O[C@@H](C)Cn6cnnn6)c5)cn4)c(OCCOC(C)(C)C)n3)CC2)C[C@H](C)O1. The molecule has 15 heteroatoms. The third kappa shape index (κ3) is 9.68. The molecule has 0 bridgehead atoms. The molecule has 1 aliphatic carbocycles. The van der Waals surface area contributed by atoms with Gasteiger partial charge in [-0.15, -0.1) is 10.2 Å². The second-order valence-corrected chi connectivity index (χ2v) is 14.7. The first-order valence-electron chi connectivity index (χ1n) is 17.5. The highest BCUT2D eigenvalue weighted by Crippen LogP contribution is 2.36. The minimum Gasteiger partial charge on any atom is -0.487 e. The van der Waals surface area contributed by atoms with E-state index in [9.17, 15) is 0 Å². The summed E-state index contributed by atoms with van der Waals surface area (Å²) in [6, 6.07) is 6.46. The number of ether oxygens (including phenoxy) is 4. The van der Waals surface area contributed by atoms with Crippen LogP contribution in [0.1, 0.15) is 73.3 Å². The van der Waals surface area contributed by atoms with Crippen LogP contribution in [0.25, 0.3) is 11.1 Å². The first kappa shape index (κ1) is 36.0. The predicted octanol–water partition coefficient (Wildman–Crippen LogP) is 5.98. The lowest BCUT2D eigenvalue weighted by molar-refractivity contribution is -0.0852. The van der Waals surface area contributed by atoms with Crippen LogP contribution in [0, 0.1) is 0 Å². The fourth-order valence-electron chi connectivity index (χ4n) is 6.66. The van der Waals surface area contributed by atoms with Crippen LogP contribution in [0.5, 0.6) is 11.6 Å². The number of tetrazole rings is 1. The quantitative estimate of drug-likeness (QED) is 0.164. The zero-order valence-electron chi connectivity index (χ0n) is 29.8. The highest BCUT2D eigenvalue weighted by atomic mass is 35.5. The Kier molecular flexibility index (Phi) is 11.5. The molecule has 4 aromatic rings. The molecule has 270 valence electrons. The lowest BCUT2D eigenvalue weighted by atomic mass is 9.89. The van der Waals surface area contributed by atoms with Crippen LogP contribution in [-0.2, 0) is 16.0 Å². The number of hydrogen-bond donors (Lipinski definition) is 1. The standard InChI is InChI=1S/C35H49ClN10O4/c1-23-18-44(19-24(2)49-23)28-8-10-29(11-9-28)46-21-31(33(41-46)47-13-14-48-35(4,5)6)40-34-37-16-27(17-38-34)26-7-12-30(36)32(15-26)50-25(3)20-45-22-39-42-43-45/h7,12,15-17,21-25,28-29H,8-11,13-14,18-20H2,1-6H3,(H,37,38,40)/t23-,24+,25-,28-,29-/m0/s1. The number of nitrogens with one attached hydrogen (secondary N) is 1. The number of hydrogen-bond acceptors (Lipinski definition) is 12. The molecule has 3 aromatic heterocycles. The van der Waals surface area contributed by atoms with Crippen molar-refractivity contribution in [1.82, 2.24) is 44.9 Å². The number of anilines is 2. The van der Waals surface area contributed by atoms with Crippen molar-refractivity contribution < 1.29 is 18.9 Å². The molecule has 2 aliphatic rings. The molecule has 1 saturated heterocycles. The zero-order chi connectivity index (χ0) is 35.3. The monoisotopic (exact) mass is 708 g/mol. The molecule has 1 aliphatic heterocycles. The van der Waals surface area contributed by atoms with Gasteiger partial charge in [0.15, 0.2) is 0 Å². The third-order valence-corrected chi connectivity index (χ3v) is 9.20. The molecule has 14 nitrogen and oxygen atoms in total. The normalized spacial score (nSPS) is 22.3. The van der Waals surface area contributed by atoms with Crippen molar-refractivity contribution in [1.29, 1.82) is 0 Å². The van der Waals surface area contributed by atoms with Gasteiger partial charge in [0.25, 0.3) is 5.88 Å². The molecule has 50 heavy (non-hydrogen) atoms. The molecule has 1 saturated carbocycles. The fourth-order valence-corrected chi connectivity index (χ4v) is 6.82. The van der Waals surface area contributed by atoms with Crippen molar-refractivity contribution in [3.63, 3.8) is 0 Å². The van der Waals surface area contributed by atoms with Crippen molar-refractivity contribution in [3.8, 4) is 22.8 Å².